The monoisotopic (exact) mass is 374 g/mol. The van der Waals surface area contributed by atoms with Crippen molar-refractivity contribution in [3.05, 3.63) is 32.7 Å². The van der Waals surface area contributed by atoms with Gasteiger partial charge in [0.05, 0.1) is 0 Å². The van der Waals surface area contributed by atoms with E-state index in [-0.39, 0.29) is 0 Å². The van der Waals surface area contributed by atoms with Gasteiger partial charge in [-0.15, -0.1) is 0 Å². The van der Waals surface area contributed by atoms with Crippen LogP contribution in [-0.4, -0.2) is 31.6 Å². The summed E-state index contributed by atoms with van der Waals surface area (Å²) in [5, 5.41) is 3.33. The van der Waals surface area contributed by atoms with Crippen LogP contribution in [0.1, 0.15) is 24.9 Å². The Hall–Kier alpha value is 0.1000. The third kappa shape index (κ3) is 2.98. The fourth-order valence-electron chi connectivity index (χ4n) is 2.94. The second kappa shape index (κ2) is 6.51. The number of benzene rings is 1. The maximum atomic E-state index is 3.61. The van der Waals surface area contributed by atoms with Crippen LogP contribution in [0.5, 0.6) is 0 Å². The Morgan fingerprint density at radius 2 is 2.11 bits per heavy atom. The Labute approximate surface area is 126 Å². The van der Waals surface area contributed by atoms with E-state index in [1.165, 1.54) is 18.5 Å². The molecule has 1 aromatic carbocycles. The van der Waals surface area contributed by atoms with Crippen molar-refractivity contribution in [2.45, 2.75) is 19.4 Å². The van der Waals surface area contributed by atoms with Crippen molar-refractivity contribution in [1.29, 1.82) is 0 Å². The van der Waals surface area contributed by atoms with Crippen molar-refractivity contribution in [1.82, 2.24) is 10.2 Å². The summed E-state index contributed by atoms with van der Waals surface area (Å²) < 4.78 is 2.27. The highest BCUT2D eigenvalue weighted by molar-refractivity contribution is 9.13. The number of nitrogens with one attached hydrogen (secondary N) is 1. The van der Waals surface area contributed by atoms with Gasteiger partial charge in [-0.3, -0.25) is 4.90 Å². The number of hydrogen-bond donors (Lipinski definition) is 1. The van der Waals surface area contributed by atoms with Crippen LogP contribution < -0.4 is 5.32 Å². The molecule has 1 aliphatic rings. The van der Waals surface area contributed by atoms with Crippen LogP contribution in [0, 0.1) is 5.92 Å². The fraction of sp³-hybridized carbons (Fsp3) is 0.571. The molecule has 1 saturated heterocycles. The van der Waals surface area contributed by atoms with Crippen LogP contribution >= 0.6 is 31.9 Å². The normalized spacial score (nSPS) is 24.7. The van der Waals surface area contributed by atoms with E-state index >= 15 is 0 Å². The van der Waals surface area contributed by atoms with Crippen molar-refractivity contribution in [2.75, 3.05) is 26.7 Å². The second-order valence-corrected chi connectivity index (χ2v) is 6.56. The first-order chi connectivity index (χ1) is 8.67. The quantitative estimate of drug-likeness (QED) is 0.860. The van der Waals surface area contributed by atoms with Gasteiger partial charge in [-0.1, -0.05) is 13.0 Å². The summed E-state index contributed by atoms with van der Waals surface area (Å²) in [6.45, 7) is 5.68. The van der Waals surface area contributed by atoms with Crippen LogP contribution in [0.3, 0.4) is 0 Å². The first-order valence-corrected chi connectivity index (χ1v) is 8.09. The first-order valence-electron chi connectivity index (χ1n) is 6.51. The molecular formula is C14H20Br2N2. The Bertz CT molecular complexity index is 409. The molecule has 1 aromatic rings. The Balaban J connectivity index is 2.28. The maximum absolute atomic E-state index is 3.61. The summed E-state index contributed by atoms with van der Waals surface area (Å²) in [7, 11) is 2.04. The predicted molar refractivity (Wildman–Crippen MR) is 83.9 cm³/mol. The standard InChI is InChI=1S/C14H20Br2N2/c1-3-18-7-6-11(9-17-2)14(18)10-4-5-12(15)13(16)8-10/h4-5,8,11,14,17H,3,6-7,9H2,1-2H3. The summed E-state index contributed by atoms with van der Waals surface area (Å²) >= 11 is 7.16. The summed E-state index contributed by atoms with van der Waals surface area (Å²) in [4.78, 5) is 2.58. The van der Waals surface area contributed by atoms with Gasteiger partial charge in [-0.05, 0) is 88.6 Å². The molecule has 1 heterocycles. The van der Waals surface area contributed by atoms with Crippen LogP contribution in [0.15, 0.2) is 27.1 Å². The molecule has 1 fully saturated rings. The van der Waals surface area contributed by atoms with Crippen LogP contribution in [0.25, 0.3) is 0 Å². The van der Waals surface area contributed by atoms with E-state index in [0.29, 0.717) is 12.0 Å². The zero-order valence-electron chi connectivity index (χ0n) is 10.9. The number of likely N-dealkylation sites (tertiary alicyclic amines) is 1. The summed E-state index contributed by atoms with van der Waals surface area (Å²) in [5.74, 6) is 0.711. The number of halogens is 2. The van der Waals surface area contributed by atoms with Crippen molar-refractivity contribution in [2.24, 2.45) is 5.92 Å². The average Bonchev–Trinajstić information content (AvgIpc) is 2.76. The smallest absolute Gasteiger partial charge is 0.0389 e. The van der Waals surface area contributed by atoms with E-state index in [4.69, 9.17) is 0 Å². The van der Waals surface area contributed by atoms with Crippen molar-refractivity contribution in [3.8, 4) is 0 Å². The molecule has 0 bridgehead atoms. The lowest BCUT2D eigenvalue weighted by molar-refractivity contribution is 0.238. The van der Waals surface area contributed by atoms with Crippen LogP contribution in [-0.2, 0) is 0 Å². The molecule has 0 saturated carbocycles. The summed E-state index contributed by atoms with van der Waals surface area (Å²) in [6.07, 6.45) is 1.28. The van der Waals surface area contributed by atoms with Crippen molar-refractivity contribution in [3.63, 3.8) is 0 Å². The molecule has 2 nitrogen and oxygen atoms in total. The molecule has 0 aliphatic carbocycles. The van der Waals surface area contributed by atoms with Gasteiger partial charge >= 0.3 is 0 Å². The van der Waals surface area contributed by atoms with Gasteiger partial charge in [0.25, 0.3) is 0 Å². The molecule has 0 amide bonds. The van der Waals surface area contributed by atoms with Gasteiger partial charge in [0.2, 0.25) is 0 Å². The molecule has 18 heavy (non-hydrogen) atoms. The largest absolute Gasteiger partial charge is 0.319 e. The summed E-state index contributed by atoms with van der Waals surface area (Å²) in [6, 6.07) is 7.19. The number of hydrogen-bond acceptors (Lipinski definition) is 2. The van der Waals surface area contributed by atoms with Gasteiger partial charge in [0.15, 0.2) is 0 Å². The fourth-order valence-corrected chi connectivity index (χ4v) is 3.58. The van der Waals surface area contributed by atoms with E-state index in [1.54, 1.807) is 0 Å². The third-order valence-corrected chi connectivity index (χ3v) is 5.66. The maximum Gasteiger partial charge on any atom is 0.0389 e. The first kappa shape index (κ1) is 14.5. The van der Waals surface area contributed by atoms with Crippen molar-refractivity contribution >= 4 is 31.9 Å². The molecule has 2 unspecified atom stereocenters. The zero-order chi connectivity index (χ0) is 13.1. The Morgan fingerprint density at radius 3 is 2.72 bits per heavy atom. The number of nitrogens with zero attached hydrogens (tertiary/aromatic N) is 1. The summed E-state index contributed by atoms with van der Waals surface area (Å²) in [5.41, 5.74) is 1.42. The van der Waals surface area contributed by atoms with E-state index < -0.39 is 0 Å². The van der Waals surface area contributed by atoms with Gasteiger partial charge in [0.1, 0.15) is 0 Å². The van der Waals surface area contributed by atoms with Gasteiger partial charge in [-0.2, -0.15) is 0 Å². The highest BCUT2D eigenvalue weighted by atomic mass is 79.9. The third-order valence-electron chi connectivity index (χ3n) is 3.78. The van der Waals surface area contributed by atoms with E-state index in [9.17, 15) is 0 Å². The highest BCUT2D eigenvalue weighted by Gasteiger charge is 2.33. The second-order valence-electron chi connectivity index (χ2n) is 4.85. The molecule has 0 spiro atoms. The Morgan fingerprint density at radius 1 is 1.33 bits per heavy atom. The molecule has 100 valence electrons. The number of rotatable bonds is 4. The van der Waals surface area contributed by atoms with Gasteiger partial charge in [0, 0.05) is 15.0 Å². The molecule has 2 rings (SSSR count). The molecule has 0 radical (unpaired) electrons. The minimum Gasteiger partial charge on any atom is -0.319 e. The van der Waals surface area contributed by atoms with E-state index in [1.807, 2.05) is 7.05 Å². The average molecular weight is 376 g/mol. The minimum absolute atomic E-state index is 0.548. The lowest BCUT2D eigenvalue weighted by atomic mass is 9.93. The topological polar surface area (TPSA) is 15.3 Å². The lowest BCUT2D eigenvalue weighted by Gasteiger charge is -2.28. The SMILES string of the molecule is CCN1CCC(CNC)C1c1ccc(Br)c(Br)c1. The predicted octanol–water partition coefficient (Wildman–Crippen LogP) is 3.81. The lowest BCUT2D eigenvalue weighted by Crippen LogP contribution is -2.29. The van der Waals surface area contributed by atoms with E-state index in [0.717, 1.165) is 22.0 Å². The molecule has 0 aromatic heterocycles. The Kier molecular flexibility index (Phi) is 5.24. The van der Waals surface area contributed by atoms with Crippen LogP contribution in [0.4, 0.5) is 0 Å². The van der Waals surface area contributed by atoms with Crippen molar-refractivity contribution < 1.29 is 0 Å². The van der Waals surface area contributed by atoms with Crippen LogP contribution in [0.2, 0.25) is 0 Å². The molecular weight excluding hydrogens is 356 g/mol. The van der Waals surface area contributed by atoms with E-state index in [2.05, 4.69) is 67.2 Å². The minimum atomic E-state index is 0.548. The van der Waals surface area contributed by atoms with Gasteiger partial charge in [-0.25, -0.2) is 0 Å². The van der Waals surface area contributed by atoms with Gasteiger partial charge < -0.3 is 5.32 Å². The molecule has 2 atom stereocenters. The highest BCUT2D eigenvalue weighted by Crippen LogP contribution is 2.38. The molecule has 1 aliphatic heterocycles. The molecule has 4 heteroatoms. The zero-order valence-corrected chi connectivity index (χ0v) is 14.1. The molecule has 1 N–H and O–H groups in total.